The van der Waals surface area contributed by atoms with Gasteiger partial charge in [-0.05, 0) is 36.3 Å². The van der Waals surface area contributed by atoms with Crippen molar-refractivity contribution in [3.05, 3.63) is 60.3 Å². The van der Waals surface area contributed by atoms with E-state index in [4.69, 9.17) is 0 Å². The molecule has 25 heavy (non-hydrogen) atoms. The summed E-state index contributed by atoms with van der Waals surface area (Å²) in [6.45, 7) is 0.711. The predicted octanol–water partition coefficient (Wildman–Crippen LogP) is 3.30. The van der Waals surface area contributed by atoms with Crippen LogP contribution in [0.25, 0.3) is 22.3 Å². The maximum absolute atomic E-state index is 14.4. The van der Waals surface area contributed by atoms with Crippen LogP contribution in [0.1, 0.15) is 12.1 Å². The zero-order valence-corrected chi connectivity index (χ0v) is 13.3. The first kappa shape index (κ1) is 15.3. The van der Waals surface area contributed by atoms with E-state index in [9.17, 15) is 14.3 Å². The fraction of sp³-hybridized carbons (Fsp3) is 0.167. The SMILES string of the molecule is O=C(O)N1CCC=C(c2ccc(F)c(-c3cnn4ccccc34)n2)C1. The van der Waals surface area contributed by atoms with Gasteiger partial charge in [0.05, 0.1) is 24.0 Å². The molecule has 7 heteroatoms. The van der Waals surface area contributed by atoms with Crippen LogP contribution >= 0.6 is 0 Å². The normalized spacial score (nSPS) is 14.6. The van der Waals surface area contributed by atoms with Gasteiger partial charge in [-0.25, -0.2) is 18.7 Å². The molecular weight excluding hydrogens is 323 g/mol. The van der Waals surface area contributed by atoms with Gasteiger partial charge in [0.2, 0.25) is 0 Å². The first-order valence-corrected chi connectivity index (χ1v) is 7.90. The summed E-state index contributed by atoms with van der Waals surface area (Å²) in [5.74, 6) is -0.436. The van der Waals surface area contributed by atoms with Crippen LogP contribution in [0, 0.1) is 5.82 Å². The highest BCUT2D eigenvalue weighted by molar-refractivity contribution is 5.79. The van der Waals surface area contributed by atoms with Crippen molar-refractivity contribution >= 4 is 17.2 Å². The van der Waals surface area contributed by atoms with Crippen molar-refractivity contribution in [1.29, 1.82) is 0 Å². The Kier molecular flexibility index (Phi) is 3.68. The summed E-state index contributed by atoms with van der Waals surface area (Å²) in [7, 11) is 0. The lowest BCUT2D eigenvalue weighted by atomic mass is 10.0. The molecule has 1 N–H and O–H groups in total. The Labute approximate surface area is 142 Å². The van der Waals surface area contributed by atoms with E-state index in [1.165, 1.54) is 11.0 Å². The van der Waals surface area contributed by atoms with Gasteiger partial charge >= 0.3 is 6.09 Å². The second-order valence-electron chi connectivity index (χ2n) is 5.84. The van der Waals surface area contributed by atoms with Crippen molar-refractivity contribution in [2.75, 3.05) is 13.1 Å². The van der Waals surface area contributed by atoms with E-state index >= 15 is 0 Å². The fourth-order valence-corrected chi connectivity index (χ4v) is 3.02. The van der Waals surface area contributed by atoms with Gasteiger partial charge in [-0.3, -0.25) is 0 Å². The van der Waals surface area contributed by atoms with Gasteiger partial charge in [0.25, 0.3) is 0 Å². The molecule has 126 valence electrons. The number of carbonyl (C=O) groups is 1. The van der Waals surface area contributed by atoms with Crippen molar-refractivity contribution in [3.63, 3.8) is 0 Å². The van der Waals surface area contributed by atoms with Gasteiger partial charge in [-0.2, -0.15) is 5.10 Å². The van der Waals surface area contributed by atoms with E-state index < -0.39 is 11.9 Å². The molecule has 3 aromatic heterocycles. The maximum Gasteiger partial charge on any atom is 0.407 e. The van der Waals surface area contributed by atoms with Crippen molar-refractivity contribution in [2.45, 2.75) is 6.42 Å². The molecule has 1 aliphatic heterocycles. The highest BCUT2D eigenvalue weighted by Crippen LogP contribution is 2.28. The topological polar surface area (TPSA) is 70.7 Å². The lowest BCUT2D eigenvalue weighted by Crippen LogP contribution is -2.34. The zero-order chi connectivity index (χ0) is 17.4. The molecule has 0 aliphatic carbocycles. The molecular formula is C18H15FN4O2. The monoisotopic (exact) mass is 338 g/mol. The smallest absolute Gasteiger partial charge is 0.407 e. The molecule has 0 saturated carbocycles. The minimum Gasteiger partial charge on any atom is -0.465 e. The van der Waals surface area contributed by atoms with Crippen LogP contribution in [0.5, 0.6) is 0 Å². The molecule has 0 bridgehead atoms. The van der Waals surface area contributed by atoms with Crippen LogP contribution in [-0.4, -0.2) is 43.8 Å². The highest BCUT2D eigenvalue weighted by atomic mass is 19.1. The molecule has 4 rings (SSSR count). The third-order valence-electron chi connectivity index (χ3n) is 4.28. The number of carboxylic acid groups (broad SMARTS) is 1. The minimum atomic E-state index is -0.962. The summed E-state index contributed by atoms with van der Waals surface area (Å²) < 4.78 is 16.1. The average molecular weight is 338 g/mol. The number of pyridine rings is 2. The molecule has 6 nitrogen and oxygen atoms in total. The number of hydrogen-bond acceptors (Lipinski definition) is 3. The number of fused-ring (bicyclic) bond motifs is 1. The fourth-order valence-electron chi connectivity index (χ4n) is 3.02. The highest BCUT2D eigenvalue weighted by Gasteiger charge is 2.20. The summed E-state index contributed by atoms with van der Waals surface area (Å²) in [4.78, 5) is 17.0. The van der Waals surface area contributed by atoms with Crippen molar-refractivity contribution in [2.24, 2.45) is 0 Å². The Hall–Kier alpha value is -3.22. The lowest BCUT2D eigenvalue weighted by molar-refractivity contribution is 0.150. The minimum absolute atomic E-state index is 0.215. The molecule has 0 spiro atoms. The van der Waals surface area contributed by atoms with Crippen molar-refractivity contribution in [1.82, 2.24) is 19.5 Å². The third kappa shape index (κ3) is 2.73. The van der Waals surface area contributed by atoms with Crippen LogP contribution < -0.4 is 0 Å². The molecule has 0 aromatic carbocycles. The van der Waals surface area contributed by atoms with Crippen LogP contribution in [0.3, 0.4) is 0 Å². The molecule has 1 amide bonds. The summed E-state index contributed by atoms with van der Waals surface area (Å²) >= 11 is 0. The average Bonchev–Trinajstić information content (AvgIpc) is 3.06. The van der Waals surface area contributed by atoms with E-state index in [0.717, 1.165) is 11.1 Å². The van der Waals surface area contributed by atoms with Crippen LogP contribution in [0.15, 0.2) is 48.8 Å². The maximum atomic E-state index is 14.4. The van der Waals surface area contributed by atoms with Gasteiger partial charge in [-0.15, -0.1) is 0 Å². The summed E-state index contributed by atoms with van der Waals surface area (Å²) in [5.41, 5.74) is 2.94. The van der Waals surface area contributed by atoms with Crippen LogP contribution in [0.4, 0.5) is 9.18 Å². The Bertz CT molecular complexity index is 996. The van der Waals surface area contributed by atoms with Crippen LogP contribution in [0.2, 0.25) is 0 Å². The molecule has 0 saturated heterocycles. The van der Waals surface area contributed by atoms with E-state index in [0.29, 0.717) is 24.2 Å². The Balaban J connectivity index is 1.77. The number of amides is 1. The molecule has 4 heterocycles. The van der Waals surface area contributed by atoms with E-state index in [-0.39, 0.29) is 12.2 Å². The summed E-state index contributed by atoms with van der Waals surface area (Å²) in [6.07, 6.45) is 4.99. The number of hydrogen-bond donors (Lipinski definition) is 1. The second-order valence-corrected chi connectivity index (χ2v) is 5.84. The molecule has 0 unspecified atom stereocenters. The summed E-state index contributed by atoms with van der Waals surface area (Å²) in [5, 5.41) is 13.4. The van der Waals surface area contributed by atoms with E-state index in [1.807, 2.05) is 24.3 Å². The molecule has 1 aliphatic rings. The number of aromatic nitrogens is 3. The summed E-state index contributed by atoms with van der Waals surface area (Å²) in [6, 6.07) is 8.50. The first-order valence-electron chi connectivity index (χ1n) is 7.90. The first-order chi connectivity index (χ1) is 12.1. The second kappa shape index (κ2) is 6.01. The Morgan fingerprint density at radius 3 is 2.96 bits per heavy atom. The van der Waals surface area contributed by atoms with Gasteiger partial charge in [0, 0.05) is 18.3 Å². The van der Waals surface area contributed by atoms with Crippen molar-refractivity contribution < 1.29 is 14.3 Å². The number of nitrogens with zero attached hydrogens (tertiary/aromatic N) is 4. The largest absolute Gasteiger partial charge is 0.465 e. The van der Waals surface area contributed by atoms with E-state index in [1.54, 1.807) is 23.0 Å². The predicted molar refractivity (Wildman–Crippen MR) is 90.6 cm³/mol. The molecule has 0 radical (unpaired) electrons. The Morgan fingerprint density at radius 2 is 2.12 bits per heavy atom. The molecule has 0 atom stereocenters. The number of rotatable bonds is 2. The number of halogens is 1. The molecule has 0 fully saturated rings. The lowest BCUT2D eigenvalue weighted by Gasteiger charge is -2.24. The van der Waals surface area contributed by atoms with Crippen LogP contribution in [-0.2, 0) is 0 Å². The molecule has 3 aromatic rings. The van der Waals surface area contributed by atoms with Gasteiger partial charge in [0.15, 0.2) is 0 Å². The van der Waals surface area contributed by atoms with E-state index in [2.05, 4.69) is 10.1 Å². The zero-order valence-electron chi connectivity index (χ0n) is 13.3. The standard InChI is InChI=1S/C18H15FN4O2/c19-14-6-7-15(12-4-3-8-22(11-12)18(24)25)21-17(14)13-10-20-23-9-2-1-5-16(13)23/h1-2,4-7,9-10H,3,8,11H2,(H,24,25). The van der Waals surface area contributed by atoms with Gasteiger partial charge in [-0.1, -0.05) is 12.1 Å². The van der Waals surface area contributed by atoms with Crippen molar-refractivity contribution in [3.8, 4) is 11.3 Å². The van der Waals surface area contributed by atoms with Gasteiger partial charge in [0.1, 0.15) is 11.5 Å². The Morgan fingerprint density at radius 1 is 1.24 bits per heavy atom. The third-order valence-corrected chi connectivity index (χ3v) is 4.28. The quantitative estimate of drug-likeness (QED) is 0.778. The van der Waals surface area contributed by atoms with Gasteiger partial charge < -0.3 is 10.0 Å².